The second-order valence-corrected chi connectivity index (χ2v) is 4.92. The molecule has 6 nitrogen and oxygen atoms in total. The number of amides is 1. The summed E-state index contributed by atoms with van der Waals surface area (Å²) in [5.41, 5.74) is -0.843. The van der Waals surface area contributed by atoms with Crippen molar-refractivity contribution in [3.63, 3.8) is 0 Å². The molecule has 0 bridgehead atoms. The van der Waals surface area contributed by atoms with Crippen LogP contribution in [0.3, 0.4) is 0 Å². The molecule has 1 amide bonds. The molecule has 2 aromatic heterocycles. The van der Waals surface area contributed by atoms with Crippen LogP contribution in [0.1, 0.15) is 28.2 Å². The van der Waals surface area contributed by atoms with Gasteiger partial charge in [-0.1, -0.05) is 0 Å². The molecule has 2 aromatic rings. The number of carbonyl (C=O) groups is 1. The molecular formula is C13H12F3N5O. The Bertz CT molecular complexity index is 725. The lowest BCUT2D eigenvalue weighted by Gasteiger charge is -2.26. The number of aromatic nitrogens is 4. The van der Waals surface area contributed by atoms with Crippen molar-refractivity contribution in [3.05, 3.63) is 35.4 Å². The minimum atomic E-state index is -4.53. The number of nitrogens with zero attached hydrogens (tertiary/aromatic N) is 5. The first kappa shape index (κ1) is 14.5. The number of anilines is 1. The predicted octanol–water partition coefficient (Wildman–Crippen LogP) is 2.05. The number of rotatable bonds is 1. The monoisotopic (exact) mass is 311 g/mol. The molecular weight excluding hydrogens is 299 g/mol. The van der Waals surface area contributed by atoms with Crippen LogP contribution in [0.2, 0.25) is 0 Å². The van der Waals surface area contributed by atoms with Crippen molar-refractivity contribution < 1.29 is 18.0 Å². The Morgan fingerprint density at radius 1 is 1.27 bits per heavy atom. The normalized spacial score (nSPS) is 14.8. The quantitative estimate of drug-likeness (QED) is 0.808. The molecule has 0 atom stereocenters. The maximum absolute atomic E-state index is 12.6. The summed E-state index contributed by atoms with van der Waals surface area (Å²) in [7, 11) is 0. The molecule has 3 rings (SSSR count). The highest BCUT2D eigenvalue weighted by atomic mass is 19.4. The minimum absolute atomic E-state index is 0.0384. The molecule has 3 heterocycles. The Morgan fingerprint density at radius 3 is 2.73 bits per heavy atom. The molecule has 0 radical (unpaired) electrons. The van der Waals surface area contributed by atoms with Crippen LogP contribution in [0, 0.1) is 6.92 Å². The van der Waals surface area contributed by atoms with Crippen LogP contribution in [0.4, 0.5) is 19.1 Å². The van der Waals surface area contributed by atoms with Crippen molar-refractivity contribution in [1.29, 1.82) is 0 Å². The maximum Gasteiger partial charge on any atom is 0.433 e. The van der Waals surface area contributed by atoms with E-state index >= 15 is 0 Å². The molecule has 9 heteroatoms. The van der Waals surface area contributed by atoms with Gasteiger partial charge in [-0.15, -0.1) is 0 Å². The second kappa shape index (κ2) is 5.08. The van der Waals surface area contributed by atoms with E-state index in [0.717, 1.165) is 12.1 Å². The Kier molecular flexibility index (Phi) is 3.34. The summed E-state index contributed by atoms with van der Waals surface area (Å²) >= 11 is 0. The van der Waals surface area contributed by atoms with Gasteiger partial charge in [0.25, 0.3) is 5.91 Å². The van der Waals surface area contributed by atoms with Gasteiger partial charge >= 0.3 is 6.18 Å². The Balaban J connectivity index is 1.94. The van der Waals surface area contributed by atoms with Gasteiger partial charge in [0.2, 0.25) is 5.95 Å². The van der Waals surface area contributed by atoms with Gasteiger partial charge in [0, 0.05) is 13.1 Å². The van der Waals surface area contributed by atoms with Crippen molar-refractivity contribution >= 4 is 11.9 Å². The fourth-order valence-electron chi connectivity index (χ4n) is 2.39. The smallest absolute Gasteiger partial charge is 0.277 e. The average molecular weight is 311 g/mol. The van der Waals surface area contributed by atoms with Crippen LogP contribution < -0.4 is 4.90 Å². The van der Waals surface area contributed by atoms with Gasteiger partial charge in [0.1, 0.15) is 12.0 Å². The van der Waals surface area contributed by atoms with E-state index in [-0.39, 0.29) is 11.3 Å². The van der Waals surface area contributed by atoms with Crippen LogP contribution in [-0.4, -0.2) is 32.2 Å². The minimum Gasteiger partial charge on any atom is -0.277 e. The van der Waals surface area contributed by atoms with Crippen LogP contribution in [0.5, 0.6) is 0 Å². The van der Waals surface area contributed by atoms with E-state index in [1.54, 1.807) is 4.68 Å². The van der Waals surface area contributed by atoms with Gasteiger partial charge in [0.05, 0.1) is 11.3 Å². The largest absolute Gasteiger partial charge is 0.433 e. The molecule has 0 unspecified atom stereocenters. The summed E-state index contributed by atoms with van der Waals surface area (Å²) in [5.74, 6) is -0.0248. The Hall–Kier alpha value is -2.45. The predicted molar refractivity (Wildman–Crippen MR) is 70.3 cm³/mol. The summed E-state index contributed by atoms with van der Waals surface area (Å²) in [4.78, 5) is 21.5. The molecule has 0 N–H and O–H groups in total. The van der Waals surface area contributed by atoms with E-state index in [2.05, 4.69) is 15.1 Å². The first-order valence-electron chi connectivity index (χ1n) is 6.62. The Morgan fingerprint density at radius 2 is 2.05 bits per heavy atom. The fraction of sp³-hybridized carbons (Fsp3) is 0.385. The number of alkyl halides is 3. The van der Waals surface area contributed by atoms with Crippen molar-refractivity contribution in [3.8, 4) is 0 Å². The van der Waals surface area contributed by atoms with Gasteiger partial charge in [-0.3, -0.25) is 9.69 Å². The molecule has 0 aromatic carbocycles. The van der Waals surface area contributed by atoms with E-state index in [9.17, 15) is 18.0 Å². The van der Waals surface area contributed by atoms with Gasteiger partial charge in [-0.25, -0.2) is 9.67 Å². The van der Waals surface area contributed by atoms with Gasteiger partial charge in [0.15, 0.2) is 0 Å². The fourth-order valence-corrected chi connectivity index (χ4v) is 2.39. The molecule has 0 saturated heterocycles. The lowest BCUT2D eigenvalue weighted by Crippen LogP contribution is -2.38. The maximum atomic E-state index is 12.6. The summed E-state index contributed by atoms with van der Waals surface area (Å²) < 4.78 is 39.5. The standard InChI is InChI=1S/C13H12F3N5O/c1-8-9(3-4-10(19-8)13(14,15)16)11(22)20-5-2-6-21-12(20)17-7-18-21/h3-4,7H,2,5-6H2,1H3. The zero-order chi connectivity index (χ0) is 15.9. The zero-order valence-electron chi connectivity index (χ0n) is 11.6. The number of halogens is 3. The van der Waals surface area contributed by atoms with Crippen LogP contribution in [0.15, 0.2) is 18.5 Å². The summed E-state index contributed by atoms with van der Waals surface area (Å²) in [5, 5.41) is 4.00. The van der Waals surface area contributed by atoms with Crippen LogP contribution >= 0.6 is 0 Å². The molecule has 1 aliphatic rings. The molecule has 1 aliphatic heterocycles. The number of hydrogen-bond donors (Lipinski definition) is 0. The highest BCUT2D eigenvalue weighted by Crippen LogP contribution is 2.29. The molecule has 0 aliphatic carbocycles. The van der Waals surface area contributed by atoms with Crippen molar-refractivity contribution in [1.82, 2.24) is 19.7 Å². The SMILES string of the molecule is Cc1nc(C(F)(F)F)ccc1C(=O)N1CCCn2ncnc21. The number of fused-ring (bicyclic) bond motifs is 1. The molecule has 22 heavy (non-hydrogen) atoms. The highest BCUT2D eigenvalue weighted by molar-refractivity contribution is 6.06. The van der Waals surface area contributed by atoms with E-state index in [4.69, 9.17) is 0 Å². The van der Waals surface area contributed by atoms with E-state index in [1.807, 2.05) is 0 Å². The Labute approximate surface area is 123 Å². The third-order valence-corrected chi connectivity index (χ3v) is 3.44. The first-order chi connectivity index (χ1) is 10.4. The zero-order valence-corrected chi connectivity index (χ0v) is 11.6. The molecule has 0 saturated carbocycles. The summed E-state index contributed by atoms with van der Waals surface area (Å²) in [6.07, 6.45) is -2.48. The van der Waals surface area contributed by atoms with Gasteiger partial charge in [-0.05, 0) is 25.5 Å². The van der Waals surface area contributed by atoms with Crippen molar-refractivity contribution in [2.24, 2.45) is 0 Å². The summed E-state index contributed by atoms with van der Waals surface area (Å²) in [6.45, 7) is 2.48. The van der Waals surface area contributed by atoms with Crippen molar-refractivity contribution in [2.75, 3.05) is 11.4 Å². The van der Waals surface area contributed by atoms with Gasteiger partial charge < -0.3 is 0 Å². The third-order valence-electron chi connectivity index (χ3n) is 3.44. The lowest BCUT2D eigenvalue weighted by molar-refractivity contribution is -0.141. The lowest BCUT2D eigenvalue weighted by atomic mass is 10.1. The molecule has 116 valence electrons. The van der Waals surface area contributed by atoms with Crippen molar-refractivity contribution in [2.45, 2.75) is 26.1 Å². The number of pyridine rings is 1. The van der Waals surface area contributed by atoms with Crippen LogP contribution in [-0.2, 0) is 12.7 Å². The number of carbonyl (C=O) groups excluding carboxylic acids is 1. The topological polar surface area (TPSA) is 63.9 Å². The first-order valence-corrected chi connectivity index (χ1v) is 6.62. The number of aryl methyl sites for hydroxylation is 2. The van der Waals surface area contributed by atoms with E-state index in [1.165, 1.54) is 18.2 Å². The van der Waals surface area contributed by atoms with Gasteiger partial charge in [-0.2, -0.15) is 23.3 Å². The number of hydrogen-bond acceptors (Lipinski definition) is 4. The highest BCUT2D eigenvalue weighted by Gasteiger charge is 2.34. The summed E-state index contributed by atoms with van der Waals surface area (Å²) in [6, 6.07) is 1.97. The third kappa shape index (κ3) is 2.42. The van der Waals surface area contributed by atoms with E-state index < -0.39 is 17.8 Å². The molecule has 0 fully saturated rings. The van der Waals surface area contributed by atoms with E-state index in [0.29, 0.717) is 25.5 Å². The average Bonchev–Trinajstić information content (AvgIpc) is 2.93. The second-order valence-electron chi connectivity index (χ2n) is 4.92. The molecule has 0 spiro atoms. The van der Waals surface area contributed by atoms with Crippen LogP contribution in [0.25, 0.3) is 0 Å².